The Kier molecular flexibility index (Phi) is 6.75. The van der Waals surface area contributed by atoms with E-state index in [4.69, 9.17) is 9.15 Å². The number of nitrogens with one attached hydrogen (secondary N) is 1. The van der Waals surface area contributed by atoms with Crippen molar-refractivity contribution in [3.63, 3.8) is 0 Å². The van der Waals surface area contributed by atoms with Gasteiger partial charge in [0.1, 0.15) is 11.5 Å². The molecule has 1 N–H and O–H groups in total. The molecule has 1 aliphatic heterocycles. The highest BCUT2D eigenvalue weighted by Gasteiger charge is 2.27. The first kappa shape index (κ1) is 21.6. The lowest BCUT2D eigenvalue weighted by atomic mass is 9.98. The molecule has 0 saturated carbocycles. The highest BCUT2D eigenvalue weighted by molar-refractivity contribution is 7.89. The number of hydrogen-bond acceptors (Lipinski definition) is 5. The van der Waals surface area contributed by atoms with Crippen molar-refractivity contribution in [1.82, 2.24) is 9.62 Å². The van der Waals surface area contributed by atoms with Gasteiger partial charge in [0.05, 0.1) is 25.2 Å². The lowest BCUT2D eigenvalue weighted by molar-refractivity contribution is 0.160. The summed E-state index contributed by atoms with van der Waals surface area (Å²) in [4.78, 5) is 2.28. The van der Waals surface area contributed by atoms with Crippen molar-refractivity contribution in [2.75, 3.05) is 26.0 Å². The number of methoxy groups -OCH3 is 1. The number of benzene rings is 2. The molecule has 3 aromatic rings. The first-order valence-corrected chi connectivity index (χ1v) is 12.1. The molecular formula is C24H28N2O4S. The number of ether oxygens (including phenoxy) is 1. The van der Waals surface area contributed by atoms with Gasteiger partial charge in [-0.05, 0) is 53.8 Å². The summed E-state index contributed by atoms with van der Waals surface area (Å²) in [6.45, 7) is 1.91. The van der Waals surface area contributed by atoms with Gasteiger partial charge in [0, 0.05) is 19.6 Å². The van der Waals surface area contributed by atoms with Crippen LogP contribution in [0.25, 0.3) is 0 Å². The van der Waals surface area contributed by atoms with E-state index in [0.717, 1.165) is 36.6 Å². The Bertz CT molecular complexity index is 1080. The number of rotatable bonds is 9. The van der Waals surface area contributed by atoms with Gasteiger partial charge in [-0.3, -0.25) is 4.90 Å². The van der Waals surface area contributed by atoms with E-state index in [9.17, 15) is 8.42 Å². The molecule has 0 bridgehead atoms. The van der Waals surface area contributed by atoms with E-state index in [-0.39, 0.29) is 18.3 Å². The maximum atomic E-state index is 12.7. The molecule has 1 atom stereocenters. The smallest absolute Gasteiger partial charge is 0.211 e. The summed E-state index contributed by atoms with van der Waals surface area (Å²) in [7, 11) is -1.82. The van der Waals surface area contributed by atoms with Crippen LogP contribution >= 0.6 is 0 Å². The first-order valence-electron chi connectivity index (χ1n) is 10.5. The summed E-state index contributed by atoms with van der Waals surface area (Å²) in [6.07, 6.45) is 3.03. The number of aryl methyl sites for hydroxylation is 1. The summed E-state index contributed by atoms with van der Waals surface area (Å²) >= 11 is 0. The average molecular weight is 441 g/mol. The van der Waals surface area contributed by atoms with Crippen molar-refractivity contribution in [1.29, 1.82) is 0 Å². The Morgan fingerprint density at radius 2 is 1.84 bits per heavy atom. The Balaban J connectivity index is 1.40. The van der Waals surface area contributed by atoms with Gasteiger partial charge >= 0.3 is 0 Å². The molecule has 0 aliphatic carbocycles. The van der Waals surface area contributed by atoms with Gasteiger partial charge in [0.15, 0.2) is 0 Å². The fourth-order valence-electron chi connectivity index (χ4n) is 4.00. The Hall–Kier alpha value is -2.61. The van der Waals surface area contributed by atoms with E-state index in [1.807, 2.05) is 42.5 Å². The summed E-state index contributed by atoms with van der Waals surface area (Å²) < 4.78 is 39.0. The normalized spacial score (nSPS) is 15.4. The molecular weight excluding hydrogens is 412 g/mol. The molecule has 7 heteroatoms. The molecule has 6 nitrogen and oxygen atoms in total. The third kappa shape index (κ3) is 5.55. The molecule has 1 aliphatic rings. The molecule has 0 fully saturated rings. The van der Waals surface area contributed by atoms with Crippen molar-refractivity contribution in [2.24, 2.45) is 0 Å². The standard InChI is InChI=1S/C24H28N2O4S/c1-29-22-10-8-19(9-11-22)13-16-31(27,28)25-17-23(24-7-4-15-30-24)26-14-12-20-5-2-3-6-21(20)18-26/h2-11,15,23,25H,12-14,16-18H2,1H3. The first-order chi connectivity index (χ1) is 15.0. The van der Waals surface area contributed by atoms with E-state index in [0.29, 0.717) is 6.42 Å². The molecule has 0 radical (unpaired) electrons. The third-order valence-corrected chi connectivity index (χ3v) is 7.14. The van der Waals surface area contributed by atoms with Crippen molar-refractivity contribution < 1.29 is 17.6 Å². The van der Waals surface area contributed by atoms with Crippen molar-refractivity contribution in [2.45, 2.75) is 25.4 Å². The van der Waals surface area contributed by atoms with Crippen LogP contribution in [0.15, 0.2) is 71.3 Å². The molecule has 4 rings (SSSR count). The van der Waals surface area contributed by atoms with Crippen molar-refractivity contribution in [3.05, 3.63) is 89.4 Å². The lowest BCUT2D eigenvalue weighted by Gasteiger charge is -2.34. The molecule has 0 saturated heterocycles. The van der Waals surface area contributed by atoms with Crippen LogP contribution in [0.3, 0.4) is 0 Å². The van der Waals surface area contributed by atoms with Crippen LogP contribution in [0.1, 0.15) is 28.5 Å². The monoisotopic (exact) mass is 440 g/mol. The number of nitrogens with zero attached hydrogens (tertiary/aromatic N) is 1. The minimum Gasteiger partial charge on any atom is -0.497 e. The van der Waals surface area contributed by atoms with Gasteiger partial charge in [-0.25, -0.2) is 13.1 Å². The second-order valence-electron chi connectivity index (χ2n) is 7.79. The molecule has 31 heavy (non-hydrogen) atoms. The minimum absolute atomic E-state index is 0.0348. The Labute approximate surface area is 183 Å². The van der Waals surface area contributed by atoms with E-state index in [1.165, 1.54) is 11.1 Å². The van der Waals surface area contributed by atoms with Crippen LogP contribution in [0, 0.1) is 0 Å². The molecule has 1 aromatic heterocycles. The van der Waals surface area contributed by atoms with Gasteiger partial charge < -0.3 is 9.15 Å². The number of hydrogen-bond donors (Lipinski definition) is 1. The second kappa shape index (κ2) is 9.68. The average Bonchev–Trinajstić information content (AvgIpc) is 3.33. The zero-order chi connectivity index (χ0) is 21.7. The molecule has 2 heterocycles. The zero-order valence-electron chi connectivity index (χ0n) is 17.7. The zero-order valence-corrected chi connectivity index (χ0v) is 18.5. The molecule has 164 valence electrons. The van der Waals surface area contributed by atoms with Gasteiger partial charge in [0.25, 0.3) is 0 Å². The number of furan rings is 1. The fraction of sp³-hybridized carbons (Fsp3) is 0.333. The summed E-state index contributed by atoms with van der Waals surface area (Å²) in [5.41, 5.74) is 3.60. The fourth-order valence-corrected chi connectivity index (χ4v) is 5.06. The maximum absolute atomic E-state index is 12.7. The van der Waals surface area contributed by atoms with Crippen LogP contribution in [0.5, 0.6) is 5.75 Å². The van der Waals surface area contributed by atoms with E-state index >= 15 is 0 Å². The lowest BCUT2D eigenvalue weighted by Crippen LogP contribution is -2.41. The van der Waals surface area contributed by atoms with Crippen LogP contribution < -0.4 is 9.46 Å². The minimum atomic E-state index is -3.43. The predicted molar refractivity (Wildman–Crippen MR) is 120 cm³/mol. The Morgan fingerprint density at radius 3 is 2.55 bits per heavy atom. The van der Waals surface area contributed by atoms with E-state index in [1.54, 1.807) is 13.4 Å². The summed E-state index contributed by atoms with van der Waals surface area (Å²) in [5.74, 6) is 1.57. The summed E-state index contributed by atoms with van der Waals surface area (Å²) in [6, 6.07) is 19.5. The van der Waals surface area contributed by atoms with E-state index < -0.39 is 10.0 Å². The third-order valence-electron chi connectivity index (χ3n) is 5.79. The van der Waals surface area contributed by atoms with Gasteiger partial charge in [-0.15, -0.1) is 0 Å². The molecule has 0 spiro atoms. The SMILES string of the molecule is COc1ccc(CCS(=O)(=O)NCC(c2ccco2)N2CCc3ccccc3C2)cc1. The molecule has 1 unspecified atom stereocenters. The predicted octanol–water partition coefficient (Wildman–Crippen LogP) is 3.55. The quantitative estimate of drug-likeness (QED) is 0.551. The highest BCUT2D eigenvalue weighted by Crippen LogP contribution is 2.28. The largest absolute Gasteiger partial charge is 0.497 e. The van der Waals surface area contributed by atoms with Crippen molar-refractivity contribution >= 4 is 10.0 Å². The van der Waals surface area contributed by atoms with Gasteiger partial charge in [0.2, 0.25) is 10.0 Å². The van der Waals surface area contributed by atoms with Crippen LogP contribution in [-0.2, 0) is 29.4 Å². The molecule has 0 amide bonds. The van der Waals surface area contributed by atoms with Crippen LogP contribution in [-0.4, -0.2) is 39.3 Å². The molecule has 2 aromatic carbocycles. The van der Waals surface area contributed by atoms with Crippen LogP contribution in [0.4, 0.5) is 0 Å². The van der Waals surface area contributed by atoms with E-state index in [2.05, 4.69) is 27.8 Å². The topological polar surface area (TPSA) is 71.8 Å². The van der Waals surface area contributed by atoms with Gasteiger partial charge in [-0.2, -0.15) is 0 Å². The summed E-state index contributed by atoms with van der Waals surface area (Å²) in [5, 5.41) is 0. The second-order valence-corrected chi connectivity index (χ2v) is 9.71. The number of fused-ring (bicyclic) bond motifs is 1. The van der Waals surface area contributed by atoms with Gasteiger partial charge in [-0.1, -0.05) is 36.4 Å². The van der Waals surface area contributed by atoms with Crippen LogP contribution in [0.2, 0.25) is 0 Å². The number of sulfonamides is 1. The Morgan fingerprint density at radius 1 is 1.06 bits per heavy atom. The maximum Gasteiger partial charge on any atom is 0.211 e. The highest BCUT2D eigenvalue weighted by atomic mass is 32.2. The van der Waals surface area contributed by atoms with Crippen molar-refractivity contribution in [3.8, 4) is 5.75 Å².